The molecule has 1 aliphatic rings. The minimum atomic E-state index is -0.187. The number of aromatic amines is 1. The van der Waals surface area contributed by atoms with E-state index in [2.05, 4.69) is 15.0 Å². The van der Waals surface area contributed by atoms with Crippen LogP contribution in [0.3, 0.4) is 0 Å². The predicted molar refractivity (Wildman–Crippen MR) is 111 cm³/mol. The van der Waals surface area contributed by atoms with Crippen LogP contribution in [0, 0.1) is 0 Å². The van der Waals surface area contributed by atoms with E-state index < -0.39 is 0 Å². The normalized spacial score (nSPS) is 14.3. The molecule has 3 heterocycles. The van der Waals surface area contributed by atoms with E-state index in [0.29, 0.717) is 30.4 Å². The number of likely N-dealkylation sites (N-methyl/N-ethyl adjacent to an activating group) is 2. The highest BCUT2D eigenvalue weighted by Gasteiger charge is 2.33. The predicted octanol–water partition coefficient (Wildman–Crippen LogP) is 0.605. The Labute approximate surface area is 169 Å². The Hall–Kier alpha value is -3.20. The van der Waals surface area contributed by atoms with Crippen molar-refractivity contribution in [3.8, 4) is 17.1 Å². The van der Waals surface area contributed by atoms with Crippen molar-refractivity contribution in [2.75, 3.05) is 52.8 Å². The number of methoxy groups -OCH3 is 1. The van der Waals surface area contributed by atoms with Crippen LogP contribution >= 0.6 is 0 Å². The van der Waals surface area contributed by atoms with Crippen molar-refractivity contribution >= 4 is 11.6 Å². The molecule has 1 N–H and O–H groups in total. The van der Waals surface area contributed by atoms with Crippen molar-refractivity contribution in [1.82, 2.24) is 24.8 Å². The van der Waals surface area contributed by atoms with E-state index in [9.17, 15) is 9.59 Å². The Balaban J connectivity index is 1.69. The summed E-state index contributed by atoms with van der Waals surface area (Å²) in [5.41, 5.74) is 1.75. The molecule has 154 valence electrons. The molecule has 0 spiro atoms. The number of carbonyl (C=O) groups is 1. The minimum Gasteiger partial charge on any atom is -0.481 e. The van der Waals surface area contributed by atoms with Gasteiger partial charge in [0.1, 0.15) is 12.0 Å². The molecule has 2 aromatic heterocycles. The maximum absolute atomic E-state index is 12.4. The van der Waals surface area contributed by atoms with Crippen LogP contribution < -0.4 is 15.2 Å². The Morgan fingerprint density at radius 3 is 2.76 bits per heavy atom. The number of nitrogens with zero attached hydrogens (tertiary/aromatic N) is 5. The molecule has 0 bridgehead atoms. The Morgan fingerprint density at radius 2 is 2.07 bits per heavy atom. The van der Waals surface area contributed by atoms with Crippen LogP contribution in [0.4, 0.5) is 5.69 Å². The fraction of sp³-hybridized carbons (Fsp3) is 0.400. The van der Waals surface area contributed by atoms with Crippen molar-refractivity contribution in [1.29, 1.82) is 0 Å². The Morgan fingerprint density at radius 1 is 1.31 bits per heavy atom. The van der Waals surface area contributed by atoms with Crippen molar-refractivity contribution in [2.24, 2.45) is 0 Å². The zero-order chi connectivity index (χ0) is 21.0. The number of hydrogen-bond donors (Lipinski definition) is 1. The summed E-state index contributed by atoms with van der Waals surface area (Å²) in [5.74, 6) is 0.443. The van der Waals surface area contributed by atoms with Gasteiger partial charge in [0, 0.05) is 50.6 Å². The summed E-state index contributed by atoms with van der Waals surface area (Å²) >= 11 is 0. The van der Waals surface area contributed by atoms with E-state index in [-0.39, 0.29) is 17.5 Å². The standard InChI is InChI=1S/C20H26N6O3/c1-24(2)7-5-6-19(27)26-11-15(12-26)25(3)17-8-14(10-21-20(17)28)16-9-18(29-4)23-13-22-16/h5-6,8-10,13,15H,7,11-12H2,1-4H3,(H,21,28)/b6-5+. The van der Waals surface area contributed by atoms with Gasteiger partial charge >= 0.3 is 0 Å². The van der Waals surface area contributed by atoms with Gasteiger partial charge in [0.25, 0.3) is 5.56 Å². The molecular weight excluding hydrogens is 372 g/mol. The lowest BCUT2D eigenvalue weighted by Gasteiger charge is -2.44. The fourth-order valence-electron chi connectivity index (χ4n) is 3.04. The maximum atomic E-state index is 12.4. The lowest BCUT2D eigenvalue weighted by atomic mass is 10.1. The molecule has 1 aliphatic heterocycles. The summed E-state index contributed by atoms with van der Waals surface area (Å²) in [6, 6.07) is 3.58. The molecule has 1 amide bonds. The summed E-state index contributed by atoms with van der Waals surface area (Å²) in [6.45, 7) is 1.87. The number of anilines is 1. The molecule has 2 aromatic rings. The van der Waals surface area contributed by atoms with Gasteiger partial charge in [-0.1, -0.05) is 6.08 Å². The number of H-pyrrole nitrogens is 1. The number of ether oxygens (including phenoxy) is 1. The number of carbonyl (C=O) groups excluding carboxylic acids is 1. The second-order valence-corrected chi connectivity index (χ2v) is 7.22. The van der Waals surface area contributed by atoms with E-state index in [1.165, 1.54) is 13.4 Å². The van der Waals surface area contributed by atoms with Crippen LogP contribution in [0.25, 0.3) is 11.3 Å². The van der Waals surface area contributed by atoms with Gasteiger partial charge in [-0.2, -0.15) is 0 Å². The van der Waals surface area contributed by atoms with Gasteiger partial charge in [0.15, 0.2) is 0 Å². The number of aromatic nitrogens is 3. The first-order valence-corrected chi connectivity index (χ1v) is 9.31. The smallest absolute Gasteiger partial charge is 0.271 e. The molecule has 1 saturated heterocycles. The third-order valence-electron chi connectivity index (χ3n) is 4.86. The van der Waals surface area contributed by atoms with Crippen molar-refractivity contribution in [2.45, 2.75) is 6.04 Å². The zero-order valence-electron chi connectivity index (χ0n) is 17.1. The first kappa shape index (κ1) is 20.5. The highest BCUT2D eigenvalue weighted by Crippen LogP contribution is 2.24. The van der Waals surface area contributed by atoms with Crippen LogP contribution in [0.15, 0.2) is 41.6 Å². The van der Waals surface area contributed by atoms with Gasteiger partial charge in [-0.05, 0) is 20.2 Å². The van der Waals surface area contributed by atoms with Crippen LogP contribution in [0.5, 0.6) is 5.88 Å². The first-order chi connectivity index (χ1) is 13.9. The van der Waals surface area contributed by atoms with E-state index in [1.807, 2.05) is 37.0 Å². The molecule has 9 nitrogen and oxygen atoms in total. The number of pyridine rings is 1. The topological polar surface area (TPSA) is 94.7 Å². The van der Waals surface area contributed by atoms with Gasteiger partial charge in [0.2, 0.25) is 11.8 Å². The largest absolute Gasteiger partial charge is 0.481 e. The van der Waals surface area contributed by atoms with E-state index in [0.717, 1.165) is 12.1 Å². The summed E-state index contributed by atoms with van der Waals surface area (Å²) in [6.07, 6.45) is 6.49. The summed E-state index contributed by atoms with van der Waals surface area (Å²) in [7, 11) is 7.31. The number of likely N-dealkylation sites (tertiary alicyclic amines) is 1. The molecule has 0 unspecified atom stereocenters. The Bertz CT molecular complexity index is 949. The number of amides is 1. The van der Waals surface area contributed by atoms with Crippen LogP contribution in [0.2, 0.25) is 0 Å². The first-order valence-electron chi connectivity index (χ1n) is 9.31. The van der Waals surface area contributed by atoms with Crippen LogP contribution in [-0.2, 0) is 4.79 Å². The Kier molecular flexibility index (Phi) is 6.28. The second kappa shape index (κ2) is 8.87. The molecule has 0 atom stereocenters. The van der Waals surface area contributed by atoms with E-state index in [1.54, 1.807) is 29.3 Å². The maximum Gasteiger partial charge on any atom is 0.271 e. The summed E-state index contributed by atoms with van der Waals surface area (Å²) in [4.78, 5) is 41.2. The monoisotopic (exact) mass is 398 g/mol. The van der Waals surface area contributed by atoms with Crippen molar-refractivity contribution in [3.05, 3.63) is 47.2 Å². The van der Waals surface area contributed by atoms with Gasteiger partial charge in [-0.3, -0.25) is 9.59 Å². The van der Waals surface area contributed by atoms with Gasteiger partial charge < -0.3 is 24.4 Å². The zero-order valence-corrected chi connectivity index (χ0v) is 17.1. The van der Waals surface area contributed by atoms with Crippen LogP contribution in [0.1, 0.15) is 0 Å². The number of rotatable bonds is 7. The van der Waals surface area contributed by atoms with Gasteiger partial charge in [0.05, 0.1) is 18.8 Å². The quantitative estimate of drug-likeness (QED) is 0.683. The van der Waals surface area contributed by atoms with Crippen LogP contribution in [-0.4, -0.2) is 84.6 Å². The SMILES string of the molecule is COc1cc(-c2c[nH]c(=O)c(N(C)C3CN(C(=O)/C=C/CN(C)C)C3)c2)ncn1. The third-order valence-corrected chi connectivity index (χ3v) is 4.86. The molecule has 29 heavy (non-hydrogen) atoms. The molecule has 3 rings (SSSR count). The highest BCUT2D eigenvalue weighted by molar-refractivity contribution is 5.88. The second-order valence-electron chi connectivity index (χ2n) is 7.22. The van der Waals surface area contributed by atoms with Gasteiger partial charge in [-0.25, -0.2) is 9.97 Å². The minimum absolute atomic E-state index is 0.00718. The average molecular weight is 398 g/mol. The summed E-state index contributed by atoms with van der Waals surface area (Å²) in [5, 5.41) is 0. The number of nitrogens with one attached hydrogen (secondary N) is 1. The average Bonchev–Trinajstić information content (AvgIpc) is 2.66. The number of hydrogen-bond acceptors (Lipinski definition) is 7. The van der Waals surface area contributed by atoms with Crippen molar-refractivity contribution in [3.63, 3.8) is 0 Å². The molecule has 0 aliphatic carbocycles. The molecule has 0 radical (unpaired) electrons. The van der Waals surface area contributed by atoms with E-state index in [4.69, 9.17) is 4.74 Å². The highest BCUT2D eigenvalue weighted by atomic mass is 16.5. The third kappa shape index (κ3) is 4.80. The fourth-order valence-corrected chi connectivity index (χ4v) is 3.04. The lowest BCUT2D eigenvalue weighted by molar-refractivity contribution is -0.130. The summed E-state index contributed by atoms with van der Waals surface area (Å²) < 4.78 is 5.14. The molecule has 0 aromatic carbocycles. The molecular formula is C20H26N6O3. The molecule has 1 fully saturated rings. The molecule has 9 heteroatoms. The van der Waals surface area contributed by atoms with Gasteiger partial charge in [-0.15, -0.1) is 0 Å². The van der Waals surface area contributed by atoms with E-state index >= 15 is 0 Å². The molecule has 0 saturated carbocycles. The van der Waals surface area contributed by atoms with Crippen molar-refractivity contribution < 1.29 is 9.53 Å². The lowest BCUT2D eigenvalue weighted by Crippen LogP contribution is -2.60.